The highest BCUT2D eigenvalue weighted by atomic mass is 32.2. The lowest BCUT2D eigenvalue weighted by molar-refractivity contribution is -0.122. The Kier molecular flexibility index (Phi) is 2.99. The third kappa shape index (κ3) is 2.51. The van der Waals surface area contributed by atoms with Gasteiger partial charge in [0.15, 0.2) is 0 Å². The minimum absolute atomic E-state index is 0.0724. The van der Waals surface area contributed by atoms with Crippen LogP contribution >= 0.6 is 36.8 Å². The van der Waals surface area contributed by atoms with E-state index in [1.807, 2.05) is 0 Å². The molecule has 11 heavy (non-hydrogen) atoms. The van der Waals surface area contributed by atoms with E-state index in [0.29, 0.717) is 4.99 Å². The molecule has 1 unspecified atom stereocenters. The molecule has 0 aromatic rings. The van der Waals surface area contributed by atoms with Gasteiger partial charge in [0, 0.05) is 6.92 Å². The van der Waals surface area contributed by atoms with Crippen LogP contribution in [0, 0.1) is 0 Å². The molecule has 0 bridgehead atoms. The molecular weight excluding hydrogens is 202 g/mol. The first-order valence-electron chi connectivity index (χ1n) is 2.82. The van der Waals surface area contributed by atoms with Gasteiger partial charge in [0.05, 0.1) is 0 Å². The van der Waals surface area contributed by atoms with E-state index in [0.717, 1.165) is 0 Å². The standard InChI is InChI=1S/C4H7N3OS3/c1-2(8)5-7-6-3(9)4(10)11-7/h4,10H,1H3,(H,5,8)(H,6,9). The Labute approximate surface area is 79.6 Å². The summed E-state index contributed by atoms with van der Waals surface area (Å²) in [5.74, 6) is -0.143. The maximum atomic E-state index is 10.5. The second-order valence-corrected chi connectivity index (χ2v) is 4.25. The van der Waals surface area contributed by atoms with Crippen molar-refractivity contribution in [2.45, 2.75) is 11.5 Å². The number of nitrogens with zero attached hydrogens (tertiary/aromatic N) is 1. The van der Waals surface area contributed by atoms with Crippen molar-refractivity contribution in [1.82, 2.24) is 15.4 Å². The SMILES string of the molecule is CC(=O)NN1NC(=S)C(S)S1. The molecule has 1 amide bonds. The number of amides is 1. The molecule has 0 spiro atoms. The van der Waals surface area contributed by atoms with Gasteiger partial charge in [-0.1, -0.05) is 16.7 Å². The fourth-order valence-electron chi connectivity index (χ4n) is 0.527. The van der Waals surface area contributed by atoms with Crippen LogP contribution in [0.4, 0.5) is 0 Å². The molecule has 1 saturated heterocycles. The van der Waals surface area contributed by atoms with Crippen LogP contribution in [-0.2, 0) is 4.79 Å². The van der Waals surface area contributed by atoms with Crippen molar-refractivity contribution in [3.05, 3.63) is 0 Å². The van der Waals surface area contributed by atoms with Crippen LogP contribution in [0.3, 0.4) is 0 Å². The first kappa shape index (κ1) is 9.11. The highest BCUT2D eigenvalue weighted by Gasteiger charge is 2.25. The lowest BCUT2D eigenvalue weighted by atomic mass is 10.8. The average molecular weight is 209 g/mol. The topological polar surface area (TPSA) is 44.4 Å². The minimum atomic E-state index is -0.143. The Morgan fingerprint density at radius 3 is 3.00 bits per heavy atom. The van der Waals surface area contributed by atoms with Gasteiger partial charge in [0.2, 0.25) is 5.91 Å². The summed E-state index contributed by atoms with van der Waals surface area (Å²) in [6.07, 6.45) is 0. The normalized spacial score (nSPS) is 24.9. The number of thiol groups is 1. The van der Waals surface area contributed by atoms with Crippen molar-refractivity contribution in [1.29, 1.82) is 0 Å². The smallest absolute Gasteiger partial charge is 0.233 e. The zero-order valence-corrected chi connectivity index (χ0v) is 8.22. The van der Waals surface area contributed by atoms with Gasteiger partial charge >= 0.3 is 0 Å². The van der Waals surface area contributed by atoms with Crippen molar-refractivity contribution in [2.24, 2.45) is 0 Å². The summed E-state index contributed by atoms with van der Waals surface area (Å²) >= 11 is 10.3. The van der Waals surface area contributed by atoms with Crippen LogP contribution in [0.15, 0.2) is 0 Å². The van der Waals surface area contributed by atoms with Crippen molar-refractivity contribution in [3.8, 4) is 0 Å². The molecular formula is C4H7N3OS3. The lowest BCUT2D eigenvalue weighted by Gasteiger charge is -2.12. The molecule has 2 N–H and O–H groups in total. The summed E-state index contributed by atoms with van der Waals surface area (Å²) in [5, 5.41) is 0. The molecule has 1 rings (SSSR count). The van der Waals surface area contributed by atoms with Gasteiger partial charge in [-0.3, -0.25) is 15.6 Å². The highest BCUT2D eigenvalue weighted by Crippen LogP contribution is 2.23. The van der Waals surface area contributed by atoms with E-state index < -0.39 is 0 Å². The van der Waals surface area contributed by atoms with Gasteiger partial charge in [0.25, 0.3) is 0 Å². The van der Waals surface area contributed by atoms with Crippen LogP contribution in [0.1, 0.15) is 6.92 Å². The molecule has 0 aromatic heterocycles. The Bertz CT molecular complexity index is 195. The Morgan fingerprint density at radius 1 is 2.00 bits per heavy atom. The molecule has 0 radical (unpaired) electrons. The lowest BCUT2D eigenvalue weighted by Crippen LogP contribution is -2.42. The third-order valence-electron chi connectivity index (χ3n) is 0.900. The second-order valence-electron chi connectivity index (χ2n) is 1.90. The number of nitrogens with one attached hydrogen (secondary N) is 2. The Hall–Kier alpha value is 0.0200. The molecule has 7 heteroatoms. The van der Waals surface area contributed by atoms with Crippen LogP contribution < -0.4 is 10.9 Å². The van der Waals surface area contributed by atoms with Gasteiger partial charge in [-0.05, 0) is 11.9 Å². The van der Waals surface area contributed by atoms with Gasteiger partial charge in [-0.2, -0.15) is 12.6 Å². The van der Waals surface area contributed by atoms with Crippen LogP contribution in [0.2, 0.25) is 0 Å². The molecule has 1 fully saturated rings. The van der Waals surface area contributed by atoms with Crippen LogP contribution in [0.5, 0.6) is 0 Å². The quantitative estimate of drug-likeness (QED) is 0.324. The average Bonchev–Trinajstić information content (AvgIpc) is 2.10. The summed E-state index contributed by atoms with van der Waals surface area (Å²) in [6.45, 7) is 1.43. The van der Waals surface area contributed by atoms with Gasteiger partial charge in [-0.25, -0.2) is 0 Å². The Balaban J connectivity index is 2.41. The Morgan fingerprint density at radius 2 is 2.64 bits per heavy atom. The van der Waals surface area contributed by atoms with E-state index in [9.17, 15) is 4.79 Å². The molecule has 0 aromatic carbocycles. The van der Waals surface area contributed by atoms with Crippen molar-refractivity contribution >= 4 is 47.7 Å². The number of carbonyl (C=O) groups is 1. The fourth-order valence-corrected chi connectivity index (χ4v) is 1.83. The summed E-state index contributed by atoms with van der Waals surface area (Å²) < 4.78 is 1.37. The summed E-state index contributed by atoms with van der Waals surface area (Å²) in [6, 6.07) is 0. The minimum Gasteiger partial charge on any atom is -0.283 e. The molecule has 0 aliphatic carbocycles. The maximum Gasteiger partial charge on any atom is 0.233 e. The van der Waals surface area contributed by atoms with E-state index in [4.69, 9.17) is 12.2 Å². The first-order valence-corrected chi connectivity index (χ1v) is 4.58. The number of thiocarbonyl (C=S) groups is 1. The predicted octanol–water partition coefficient (Wildman–Crippen LogP) is 0.0892. The highest BCUT2D eigenvalue weighted by molar-refractivity contribution is 8.11. The van der Waals surface area contributed by atoms with Crippen molar-refractivity contribution in [3.63, 3.8) is 0 Å². The molecule has 1 atom stereocenters. The van der Waals surface area contributed by atoms with E-state index in [2.05, 4.69) is 23.5 Å². The predicted molar refractivity (Wildman–Crippen MR) is 51.8 cm³/mol. The van der Waals surface area contributed by atoms with E-state index in [1.54, 1.807) is 0 Å². The number of carbonyl (C=O) groups excluding carboxylic acids is 1. The van der Waals surface area contributed by atoms with E-state index >= 15 is 0 Å². The van der Waals surface area contributed by atoms with Crippen molar-refractivity contribution in [2.75, 3.05) is 0 Å². The summed E-state index contributed by atoms with van der Waals surface area (Å²) in [5.41, 5.74) is 5.27. The van der Waals surface area contributed by atoms with Crippen LogP contribution in [0.25, 0.3) is 0 Å². The molecule has 4 nitrogen and oxygen atoms in total. The van der Waals surface area contributed by atoms with Gasteiger partial charge in [-0.15, -0.1) is 0 Å². The van der Waals surface area contributed by atoms with Gasteiger partial charge < -0.3 is 0 Å². The molecule has 1 aliphatic heterocycles. The second kappa shape index (κ2) is 3.61. The molecule has 1 aliphatic rings. The first-order chi connectivity index (χ1) is 5.09. The molecule has 0 saturated carbocycles. The number of rotatable bonds is 1. The zero-order valence-electron chi connectivity index (χ0n) is 5.70. The maximum absolute atomic E-state index is 10.5. The summed E-state index contributed by atoms with van der Waals surface area (Å²) in [4.78, 5) is 11.1. The van der Waals surface area contributed by atoms with Crippen molar-refractivity contribution < 1.29 is 4.79 Å². The largest absolute Gasteiger partial charge is 0.283 e. The number of hydrogen-bond acceptors (Lipinski definition) is 5. The van der Waals surface area contributed by atoms with E-state index in [-0.39, 0.29) is 10.5 Å². The van der Waals surface area contributed by atoms with Gasteiger partial charge in [0.1, 0.15) is 9.57 Å². The summed E-state index contributed by atoms with van der Waals surface area (Å²) in [7, 11) is 0. The third-order valence-corrected chi connectivity index (χ3v) is 2.92. The zero-order chi connectivity index (χ0) is 8.43. The fraction of sp³-hybridized carbons (Fsp3) is 0.500. The van der Waals surface area contributed by atoms with Crippen LogP contribution in [-0.4, -0.2) is 20.0 Å². The number of hydrazine groups is 2. The number of hydrogen-bond donors (Lipinski definition) is 3. The molecule has 1 heterocycles. The monoisotopic (exact) mass is 209 g/mol. The molecule has 62 valence electrons. The van der Waals surface area contributed by atoms with E-state index in [1.165, 1.54) is 23.4 Å².